The summed E-state index contributed by atoms with van der Waals surface area (Å²) in [5.74, 6) is 2.61. The van der Waals surface area contributed by atoms with Crippen molar-refractivity contribution in [2.24, 2.45) is 11.7 Å². The van der Waals surface area contributed by atoms with Crippen molar-refractivity contribution < 1.29 is 0 Å². The summed E-state index contributed by atoms with van der Waals surface area (Å²) in [7, 11) is 0. The molecule has 4 heteroatoms. The molecule has 1 aliphatic carbocycles. The van der Waals surface area contributed by atoms with Crippen LogP contribution in [-0.2, 0) is 13.0 Å². The van der Waals surface area contributed by atoms with E-state index in [1.165, 1.54) is 35.4 Å². The van der Waals surface area contributed by atoms with Crippen LogP contribution in [0.1, 0.15) is 36.7 Å². The summed E-state index contributed by atoms with van der Waals surface area (Å²) in [5, 5.41) is 0. The van der Waals surface area contributed by atoms with Gasteiger partial charge in [-0.05, 0) is 47.7 Å². The predicted octanol–water partition coefficient (Wildman–Crippen LogP) is 2.04. The van der Waals surface area contributed by atoms with E-state index in [9.17, 15) is 0 Å². The van der Waals surface area contributed by atoms with Crippen LogP contribution >= 0.6 is 15.9 Å². The maximum Gasteiger partial charge on any atom is 0.110 e. The quantitative estimate of drug-likeness (QED) is 0.893. The third kappa shape index (κ3) is 1.64. The number of aromatic nitrogens is 2. The van der Waals surface area contributed by atoms with E-state index in [4.69, 9.17) is 10.7 Å². The van der Waals surface area contributed by atoms with E-state index in [1.807, 2.05) is 0 Å². The topological polar surface area (TPSA) is 43.8 Å². The Kier molecular flexibility index (Phi) is 2.36. The third-order valence-electron chi connectivity index (χ3n) is 3.54. The van der Waals surface area contributed by atoms with Gasteiger partial charge in [0.05, 0.1) is 5.69 Å². The van der Waals surface area contributed by atoms with Crippen LogP contribution in [0.25, 0.3) is 0 Å². The number of nitrogens with two attached hydrogens (primary N) is 1. The Morgan fingerprint density at radius 2 is 2.20 bits per heavy atom. The Hall–Kier alpha value is -0.350. The van der Waals surface area contributed by atoms with E-state index in [0.29, 0.717) is 5.92 Å². The summed E-state index contributed by atoms with van der Waals surface area (Å²) in [5.41, 5.74) is 7.02. The Morgan fingerprint density at radius 1 is 1.40 bits per heavy atom. The van der Waals surface area contributed by atoms with Crippen LogP contribution in [0.4, 0.5) is 0 Å². The molecule has 0 radical (unpaired) electrons. The first-order valence-corrected chi connectivity index (χ1v) is 6.53. The van der Waals surface area contributed by atoms with Gasteiger partial charge in [-0.25, -0.2) is 4.98 Å². The van der Waals surface area contributed by atoms with Crippen LogP contribution in [-0.4, -0.2) is 16.1 Å². The van der Waals surface area contributed by atoms with Crippen molar-refractivity contribution in [1.29, 1.82) is 0 Å². The van der Waals surface area contributed by atoms with Gasteiger partial charge in [-0.3, -0.25) is 0 Å². The Morgan fingerprint density at radius 3 is 2.87 bits per heavy atom. The van der Waals surface area contributed by atoms with E-state index >= 15 is 0 Å². The van der Waals surface area contributed by atoms with Gasteiger partial charge < -0.3 is 10.3 Å². The highest BCUT2D eigenvalue weighted by Crippen LogP contribution is 2.43. The molecule has 1 aromatic heterocycles. The summed E-state index contributed by atoms with van der Waals surface area (Å²) in [4.78, 5) is 4.77. The van der Waals surface area contributed by atoms with Crippen LogP contribution in [0.3, 0.4) is 0 Å². The zero-order valence-electron chi connectivity index (χ0n) is 8.75. The van der Waals surface area contributed by atoms with Crippen molar-refractivity contribution in [3.63, 3.8) is 0 Å². The van der Waals surface area contributed by atoms with Gasteiger partial charge >= 0.3 is 0 Å². The zero-order valence-corrected chi connectivity index (χ0v) is 10.3. The van der Waals surface area contributed by atoms with E-state index < -0.39 is 0 Å². The summed E-state index contributed by atoms with van der Waals surface area (Å²) < 4.78 is 3.57. The largest absolute Gasteiger partial charge is 0.330 e. The van der Waals surface area contributed by atoms with Gasteiger partial charge in [0.25, 0.3) is 0 Å². The van der Waals surface area contributed by atoms with E-state index in [-0.39, 0.29) is 0 Å². The van der Waals surface area contributed by atoms with E-state index in [1.54, 1.807) is 0 Å². The van der Waals surface area contributed by atoms with Crippen molar-refractivity contribution in [3.05, 3.63) is 16.1 Å². The minimum absolute atomic E-state index is 0.638. The first-order valence-electron chi connectivity index (χ1n) is 5.74. The summed E-state index contributed by atoms with van der Waals surface area (Å²) in [6, 6.07) is 0. The normalized spacial score (nSPS) is 25.3. The number of rotatable bonds is 2. The van der Waals surface area contributed by atoms with Gasteiger partial charge in [0, 0.05) is 18.9 Å². The van der Waals surface area contributed by atoms with Crippen molar-refractivity contribution in [2.75, 3.05) is 6.54 Å². The molecule has 1 aliphatic heterocycles. The van der Waals surface area contributed by atoms with Gasteiger partial charge in [0.1, 0.15) is 10.4 Å². The molecule has 1 saturated carbocycles. The second kappa shape index (κ2) is 3.59. The van der Waals surface area contributed by atoms with Gasteiger partial charge in [0.15, 0.2) is 0 Å². The van der Waals surface area contributed by atoms with Crippen LogP contribution in [0.5, 0.6) is 0 Å². The zero-order chi connectivity index (χ0) is 10.4. The molecule has 82 valence electrons. The molecule has 0 spiro atoms. The average Bonchev–Trinajstić information content (AvgIpc) is 3.04. The minimum Gasteiger partial charge on any atom is -0.330 e. The van der Waals surface area contributed by atoms with E-state index in [2.05, 4.69) is 20.5 Å². The molecule has 0 bridgehead atoms. The number of halogens is 1. The second-order valence-electron chi connectivity index (χ2n) is 4.72. The van der Waals surface area contributed by atoms with Crippen molar-refractivity contribution in [1.82, 2.24) is 9.55 Å². The Bertz CT molecular complexity index is 381. The molecular formula is C11H16BrN3. The Balaban J connectivity index is 1.93. The molecule has 2 aliphatic rings. The van der Waals surface area contributed by atoms with Crippen LogP contribution in [0.2, 0.25) is 0 Å². The molecule has 1 fully saturated rings. The number of nitrogens with zero attached hydrogens (tertiary/aromatic N) is 2. The predicted molar refractivity (Wildman–Crippen MR) is 62.8 cm³/mol. The standard InChI is InChI=1S/C11H16BrN3/c12-11-10(8-1-2-8)14-9-5-7(6-13)3-4-15(9)11/h7-8H,1-6,13H2. The number of hydrogen-bond acceptors (Lipinski definition) is 2. The second-order valence-corrected chi connectivity index (χ2v) is 5.48. The summed E-state index contributed by atoms with van der Waals surface area (Å²) in [6.07, 6.45) is 4.88. The number of imidazole rings is 1. The molecule has 1 atom stereocenters. The molecule has 2 heterocycles. The number of hydrogen-bond donors (Lipinski definition) is 1. The lowest BCUT2D eigenvalue weighted by molar-refractivity contribution is 0.386. The monoisotopic (exact) mass is 269 g/mol. The maximum atomic E-state index is 5.73. The van der Waals surface area contributed by atoms with Gasteiger partial charge in [-0.1, -0.05) is 0 Å². The van der Waals surface area contributed by atoms with Gasteiger partial charge in [-0.15, -0.1) is 0 Å². The third-order valence-corrected chi connectivity index (χ3v) is 4.37. The first-order chi connectivity index (χ1) is 7.29. The number of fused-ring (bicyclic) bond motifs is 1. The first kappa shape index (κ1) is 9.85. The van der Waals surface area contributed by atoms with Crippen LogP contribution in [0, 0.1) is 5.92 Å². The van der Waals surface area contributed by atoms with Crippen LogP contribution < -0.4 is 5.73 Å². The SMILES string of the molecule is NCC1CCn2c(nc(C3CC3)c2Br)C1. The lowest BCUT2D eigenvalue weighted by Crippen LogP contribution is -2.25. The average molecular weight is 270 g/mol. The van der Waals surface area contributed by atoms with E-state index in [0.717, 1.165) is 25.4 Å². The fraction of sp³-hybridized carbons (Fsp3) is 0.727. The maximum absolute atomic E-state index is 5.73. The molecule has 3 rings (SSSR count). The lowest BCUT2D eigenvalue weighted by atomic mass is 9.98. The molecule has 0 saturated heterocycles. The van der Waals surface area contributed by atoms with Gasteiger partial charge in [0.2, 0.25) is 0 Å². The molecule has 1 aromatic rings. The van der Waals surface area contributed by atoms with Crippen LogP contribution in [0.15, 0.2) is 4.60 Å². The van der Waals surface area contributed by atoms with Gasteiger partial charge in [-0.2, -0.15) is 0 Å². The highest BCUT2D eigenvalue weighted by Gasteiger charge is 2.32. The fourth-order valence-corrected chi connectivity index (χ4v) is 3.16. The summed E-state index contributed by atoms with van der Waals surface area (Å²) >= 11 is 3.69. The smallest absolute Gasteiger partial charge is 0.110 e. The highest BCUT2D eigenvalue weighted by atomic mass is 79.9. The Labute approximate surface area is 98.2 Å². The fourth-order valence-electron chi connectivity index (χ4n) is 2.37. The molecule has 3 nitrogen and oxygen atoms in total. The van der Waals surface area contributed by atoms with Crippen molar-refractivity contribution in [3.8, 4) is 0 Å². The molecule has 0 aromatic carbocycles. The summed E-state index contributed by atoms with van der Waals surface area (Å²) in [6.45, 7) is 1.88. The minimum atomic E-state index is 0.638. The van der Waals surface area contributed by atoms with Crippen molar-refractivity contribution in [2.45, 2.75) is 38.1 Å². The van der Waals surface area contributed by atoms with Crippen molar-refractivity contribution >= 4 is 15.9 Å². The molecule has 2 N–H and O–H groups in total. The molecule has 0 amide bonds. The highest BCUT2D eigenvalue weighted by molar-refractivity contribution is 9.10. The molecular weight excluding hydrogens is 254 g/mol. The molecule has 15 heavy (non-hydrogen) atoms. The lowest BCUT2D eigenvalue weighted by Gasteiger charge is -2.22. The molecule has 1 unspecified atom stereocenters.